The lowest BCUT2D eigenvalue weighted by atomic mass is 9.84. The Balaban J connectivity index is 1.54. The maximum absolute atomic E-state index is 12.3. The summed E-state index contributed by atoms with van der Waals surface area (Å²) in [6, 6.07) is 14.4. The molecule has 0 aliphatic heterocycles. The molecule has 1 aliphatic rings. The molecule has 1 aliphatic carbocycles. The van der Waals surface area contributed by atoms with Crippen molar-refractivity contribution < 1.29 is 4.79 Å². The maximum atomic E-state index is 12.3. The molecule has 0 unspecified atom stereocenters. The third-order valence-corrected chi connectivity index (χ3v) is 5.02. The Morgan fingerprint density at radius 3 is 2.50 bits per heavy atom. The number of pyridine rings is 1. The molecule has 1 amide bonds. The van der Waals surface area contributed by atoms with Crippen LogP contribution < -0.4 is 5.32 Å². The number of nitrogens with zero attached hydrogens (tertiary/aromatic N) is 1. The minimum Gasteiger partial charge on any atom is -0.353 e. The first kappa shape index (κ1) is 16.7. The first-order chi connectivity index (χ1) is 11.7. The summed E-state index contributed by atoms with van der Waals surface area (Å²) >= 11 is 0. The molecule has 2 aromatic rings. The number of hydrogen-bond acceptors (Lipinski definition) is 2. The number of benzene rings is 1. The van der Waals surface area contributed by atoms with Crippen LogP contribution in [-0.4, -0.2) is 16.9 Å². The molecule has 3 heteroatoms. The lowest BCUT2D eigenvalue weighted by molar-refractivity contribution is -0.121. The standard InChI is InChI=1S/C21H26N2O/c1-16(17-8-4-2-5-9-17)23-21(24)14-20-13-12-19(15-22-20)18-10-6-3-7-11-18/h3,6-7,10-13,15-17H,2,4-5,8-9,14H2,1H3,(H,23,24)/t16-/m1/s1. The van der Waals surface area contributed by atoms with Crippen LogP contribution in [0.15, 0.2) is 48.7 Å². The van der Waals surface area contributed by atoms with Gasteiger partial charge in [-0.05, 0) is 37.3 Å². The fourth-order valence-electron chi connectivity index (χ4n) is 3.55. The fourth-order valence-corrected chi connectivity index (χ4v) is 3.55. The predicted molar refractivity (Wildman–Crippen MR) is 97.6 cm³/mol. The van der Waals surface area contributed by atoms with E-state index in [0.717, 1.165) is 16.8 Å². The average Bonchev–Trinajstić information content (AvgIpc) is 2.64. The number of aromatic nitrogens is 1. The van der Waals surface area contributed by atoms with Gasteiger partial charge in [0.25, 0.3) is 0 Å². The third kappa shape index (κ3) is 4.44. The zero-order valence-corrected chi connectivity index (χ0v) is 14.4. The van der Waals surface area contributed by atoms with Gasteiger partial charge >= 0.3 is 0 Å². The molecule has 24 heavy (non-hydrogen) atoms. The quantitative estimate of drug-likeness (QED) is 0.888. The molecule has 3 nitrogen and oxygen atoms in total. The highest BCUT2D eigenvalue weighted by atomic mass is 16.1. The highest BCUT2D eigenvalue weighted by Gasteiger charge is 2.21. The van der Waals surface area contributed by atoms with E-state index in [1.54, 1.807) is 0 Å². The van der Waals surface area contributed by atoms with Crippen LogP contribution in [0.2, 0.25) is 0 Å². The number of hydrogen-bond donors (Lipinski definition) is 1. The smallest absolute Gasteiger partial charge is 0.226 e. The van der Waals surface area contributed by atoms with Crippen molar-refractivity contribution >= 4 is 5.91 Å². The van der Waals surface area contributed by atoms with E-state index in [2.05, 4.69) is 29.4 Å². The van der Waals surface area contributed by atoms with E-state index in [4.69, 9.17) is 0 Å². The molecule has 1 heterocycles. The van der Waals surface area contributed by atoms with Gasteiger partial charge in [-0.3, -0.25) is 9.78 Å². The van der Waals surface area contributed by atoms with Crippen LogP contribution in [-0.2, 0) is 11.2 Å². The van der Waals surface area contributed by atoms with Crippen LogP contribution in [0, 0.1) is 5.92 Å². The minimum atomic E-state index is 0.0769. The van der Waals surface area contributed by atoms with Crippen LogP contribution in [0.5, 0.6) is 0 Å². The highest BCUT2D eigenvalue weighted by Crippen LogP contribution is 2.26. The molecular formula is C21H26N2O. The SMILES string of the molecule is C[C@@H](NC(=O)Cc1ccc(-c2ccccc2)cn1)C1CCCCC1. The van der Waals surface area contributed by atoms with Crippen molar-refractivity contribution in [2.24, 2.45) is 5.92 Å². The highest BCUT2D eigenvalue weighted by molar-refractivity contribution is 5.78. The second-order valence-electron chi connectivity index (χ2n) is 6.84. The summed E-state index contributed by atoms with van der Waals surface area (Å²) in [5, 5.41) is 3.17. The van der Waals surface area contributed by atoms with Gasteiger partial charge in [0, 0.05) is 23.5 Å². The van der Waals surface area contributed by atoms with E-state index < -0.39 is 0 Å². The van der Waals surface area contributed by atoms with Crippen LogP contribution in [0.1, 0.15) is 44.7 Å². The molecule has 1 aromatic heterocycles. The number of carbonyl (C=O) groups is 1. The van der Waals surface area contributed by atoms with Crippen molar-refractivity contribution in [2.45, 2.75) is 51.5 Å². The van der Waals surface area contributed by atoms with Gasteiger partial charge in [-0.15, -0.1) is 0 Å². The van der Waals surface area contributed by atoms with Crippen molar-refractivity contribution in [3.05, 3.63) is 54.4 Å². The summed E-state index contributed by atoms with van der Waals surface area (Å²) in [4.78, 5) is 16.7. The molecule has 1 saturated carbocycles. The summed E-state index contributed by atoms with van der Waals surface area (Å²) in [6.45, 7) is 2.14. The molecule has 1 atom stereocenters. The normalized spacial score (nSPS) is 16.5. The Kier molecular flexibility index (Phi) is 5.63. The first-order valence-electron chi connectivity index (χ1n) is 9.02. The summed E-state index contributed by atoms with van der Waals surface area (Å²) in [5.41, 5.74) is 3.05. The van der Waals surface area contributed by atoms with Crippen LogP contribution >= 0.6 is 0 Å². The number of rotatable bonds is 5. The first-order valence-corrected chi connectivity index (χ1v) is 9.02. The molecular weight excluding hydrogens is 296 g/mol. The molecule has 1 fully saturated rings. The van der Waals surface area contributed by atoms with Gasteiger partial charge in [0.05, 0.1) is 6.42 Å². The van der Waals surface area contributed by atoms with Crippen LogP contribution in [0.25, 0.3) is 11.1 Å². The predicted octanol–water partition coefficient (Wildman–Crippen LogP) is 4.38. The number of nitrogens with one attached hydrogen (secondary N) is 1. The molecule has 126 valence electrons. The van der Waals surface area contributed by atoms with Crippen LogP contribution in [0.4, 0.5) is 0 Å². The average molecular weight is 322 g/mol. The monoisotopic (exact) mass is 322 g/mol. The largest absolute Gasteiger partial charge is 0.353 e. The Morgan fingerprint density at radius 1 is 1.08 bits per heavy atom. The van der Waals surface area contributed by atoms with Gasteiger partial charge in [-0.2, -0.15) is 0 Å². The van der Waals surface area contributed by atoms with Crippen molar-refractivity contribution in [1.29, 1.82) is 0 Å². The van der Waals surface area contributed by atoms with Crippen molar-refractivity contribution in [1.82, 2.24) is 10.3 Å². The van der Waals surface area contributed by atoms with Gasteiger partial charge in [0.15, 0.2) is 0 Å². The number of carbonyl (C=O) groups excluding carboxylic acids is 1. The molecule has 0 radical (unpaired) electrons. The Labute approximate surface area is 144 Å². The lowest BCUT2D eigenvalue weighted by Crippen LogP contribution is -2.39. The lowest BCUT2D eigenvalue weighted by Gasteiger charge is -2.28. The Hall–Kier alpha value is -2.16. The molecule has 0 spiro atoms. The molecule has 0 bridgehead atoms. The van der Waals surface area contributed by atoms with Gasteiger partial charge in [0.1, 0.15) is 0 Å². The van der Waals surface area contributed by atoms with E-state index in [9.17, 15) is 4.79 Å². The molecule has 1 N–H and O–H groups in total. The number of amides is 1. The van der Waals surface area contributed by atoms with E-state index >= 15 is 0 Å². The van der Waals surface area contributed by atoms with Crippen molar-refractivity contribution in [3.63, 3.8) is 0 Å². The molecule has 3 rings (SSSR count). The fraction of sp³-hybridized carbons (Fsp3) is 0.429. The molecule has 1 aromatic carbocycles. The molecule has 0 saturated heterocycles. The minimum absolute atomic E-state index is 0.0769. The van der Waals surface area contributed by atoms with Crippen molar-refractivity contribution in [3.8, 4) is 11.1 Å². The van der Waals surface area contributed by atoms with Gasteiger partial charge in [-0.1, -0.05) is 55.7 Å². The van der Waals surface area contributed by atoms with E-state index in [1.807, 2.05) is 36.5 Å². The van der Waals surface area contributed by atoms with Gasteiger partial charge in [-0.25, -0.2) is 0 Å². The topological polar surface area (TPSA) is 42.0 Å². The van der Waals surface area contributed by atoms with Crippen LogP contribution in [0.3, 0.4) is 0 Å². The maximum Gasteiger partial charge on any atom is 0.226 e. The summed E-state index contributed by atoms with van der Waals surface area (Å²) in [5.74, 6) is 0.712. The second-order valence-corrected chi connectivity index (χ2v) is 6.84. The van der Waals surface area contributed by atoms with E-state index in [1.165, 1.54) is 32.1 Å². The summed E-state index contributed by atoms with van der Waals surface area (Å²) in [7, 11) is 0. The van der Waals surface area contributed by atoms with E-state index in [-0.39, 0.29) is 11.9 Å². The van der Waals surface area contributed by atoms with E-state index in [0.29, 0.717) is 12.3 Å². The zero-order chi connectivity index (χ0) is 16.8. The Bertz CT molecular complexity index is 645. The zero-order valence-electron chi connectivity index (χ0n) is 14.4. The summed E-state index contributed by atoms with van der Waals surface area (Å²) in [6.07, 6.45) is 8.63. The van der Waals surface area contributed by atoms with Gasteiger partial charge in [0.2, 0.25) is 5.91 Å². The Morgan fingerprint density at radius 2 is 1.83 bits per heavy atom. The summed E-state index contributed by atoms with van der Waals surface area (Å²) < 4.78 is 0. The second kappa shape index (κ2) is 8.09. The third-order valence-electron chi connectivity index (χ3n) is 5.02. The van der Waals surface area contributed by atoms with Gasteiger partial charge < -0.3 is 5.32 Å². The van der Waals surface area contributed by atoms with Crippen molar-refractivity contribution in [2.75, 3.05) is 0 Å².